The van der Waals surface area contributed by atoms with E-state index in [1.165, 1.54) is 6.42 Å². The number of hydrogen-bond donors (Lipinski definition) is 3. The number of ether oxygens (including phenoxy) is 4. The van der Waals surface area contributed by atoms with E-state index in [1.54, 1.807) is 44.2 Å². The van der Waals surface area contributed by atoms with Crippen LogP contribution in [0, 0.1) is 0 Å². The zero-order valence-electron chi connectivity index (χ0n) is 32.4. The van der Waals surface area contributed by atoms with Gasteiger partial charge < -0.3 is 34.3 Å². The Kier molecular flexibility index (Phi) is 13.0. The lowest BCUT2D eigenvalue weighted by molar-refractivity contribution is -0.197. The zero-order chi connectivity index (χ0) is 39.8. The molecule has 5 unspecified atom stereocenters. The molecule has 3 aromatic rings. The Hall–Kier alpha value is -4.61. The van der Waals surface area contributed by atoms with Crippen molar-refractivity contribution in [2.75, 3.05) is 0 Å². The monoisotopic (exact) mass is 766 g/mol. The average molecular weight is 767 g/mol. The van der Waals surface area contributed by atoms with Crippen molar-refractivity contribution in [3.8, 4) is 0 Å². The van der Waals surface area contributed by atoms with Gasteiger partial charge in [0.05, 0.1) is 0 Å². The third-order valence-electron chi connectivity index (χ3n) is 11.5. The van der Waals surface area contributed by atoms with Crippen molar-refractivity contribution in [3.05, 3.63) is 131 Å². The SMILES string of the molecule is CC1OC(=O)C(C2=CCCCC2)(c2ccccc2)O1.CC1OC(=O)C(c2ccccc2)(C2(O)CCCCC2)O1.O=C(O)C(O)(C1=CCCCC1)c1ccccc1. The number of allylic oxidation sites excluding steroid dienone is 2. The van der Waals surface area contributed by atoms with Gasteiger partial charge in [-0.05, 0) is 106 Å². The van der Waals surface area contributed by atoms with Gasteiger partial charge in [-0.1, -0.05) is 122 Å². The van der Waals surface area contributed by atoms with Crippen molar-refractivity contribution in [1.29, 1.82) is 0 Å². The number of cyclic esters (lactones) is 2. The highest BCUT2D eigenvalue weighted by atomic mass is 16.8. The van der Waals surface area contributed by atoms with Crippen molar-refractivity contribution < 1.29 is 48.7 Å². The second kappa shape index (κ2) is 17.7. The average Bonchev–Trinajstić information content (AvgIpc) is 3.73. The third-order valence-corrected chi connectivity index (χ3v) is 11.5. The van der Waals surface area contributed by atoms with Gasteiger partial charge in [-0.15, -0.1) is 0 Å². The van der Waals surface area contributed by atoms with E-state index >= 15 is 0 Å². The van der Waals surface area contributed by atoms with Crippen LogP contribution in [-0.4, -0.2) is 51.4 Å². The minimum atomic E-state index is -1.86. The third kappa shape index (κ3) is 7.98. The molecule has 56 heavy (non-hydrogen) atoms. The molecule has 2 heterocycles. The van der Waals surface area contributed by atoms with Gasteiger partial charge in [0.1, 0.15) is 5.60 Å². The molecule has 5 aliphatic rings. The lowest BCUT2D eigenvalue weighted by atomic mass is 9.69. The molecule has 0 radical (unpaired) electrons. The van der Waals surface area contributed by atoms with E-state index in [2.05, 4.69) is 6.08 Å². The van der Waals surface area contributed by atoms with E-state index in [-0.39, 0.29) is 5.97 Å². The Morgan fingerprint density at radius 3 is 1.68 bits per heavy atom. The largest absolute Gasteiger partial charge is 0.479 e. The first-order valence-corrected chi connectivity index (χ1v) is 20.0. The van der Waals surface area contributed by atoms with E-state index in [0.29, 0.717) is 36.0 Å². The van der Waals surface area contributed by atoms with Crippen LogP contribution in [0.15, 0.2) is 114 Å². The quantitative estimate of drug-likeness (QED) is 0.159. The first kappa shape index (κ1) is 41.0. The highest BCUT2D eigenvalue weighted by Gasteiger charge is 2.64. The summed E-state index contributed by atoms with van der Waals surface area (Å²) >= 11 is 0. The number of esters is 2. The summed E-state index contributed by atoms with van der Waals surface area (Å²) in [6, 6.07) is 27.5. The van der Waals surface area contributed by atoms with Gasteiger partial charge in [-0.2, -0.15) is 0 Å². The normalized spacial score (nSPS) is 28.1. The fourth-order valence-electron chi connectivity index (χ4n) is 8.73. The second-order valence-electron chi connectivity index (χ2n) is 15.2. The molecule has 10 heteroatoms. The Balaban J connectivity index is 0.000000143. The highest BCUT2D eigenvalue weighted by Crippen LogP contribution is 2.50. The second-order valence-corrected chi connectivity index (χ2v) is 15.2. The standard InChI is InChI=1S/C16H20O4.C16H18O3.C14H16O3/c1-12-19-14(17)16(20-12,13-8-4-2-5-9-13)15(18)10-6-3-7-11-15;1-12-18-15(17)16(19-12,13-8-4-2-5-9-13)14-10-6-3-7-11-14;15-13(16)14(17,11-7-3-1-4-8-11)12-9-5-2-6-10-12/h2,4-5,8-9,12,18H,3,6-7,10-11H2,1H3;2,4-5,8-10,12H,3,6-7,11H2,1H3;1,3-4,7-9,17H,2,5-6,10H2,(H,15,16). The number of hydrogen-bond acceptors (Lipinski definition) is 9. The highest BCUT2D eigenvalue weighted by molar-refractivity contribution is 5.87. The summed E-state index contributed by atoms with van der Waals surface area (Å²) in [5, 5.41) is 31.0. The van der Waals surface area contributed by atoms with Crippen LogP contribution < -0.4 is 0 Å². The van der Waals surface area contributed by atoms with E-state index in [4.69, 9.17) is 18.9 Å². The van der Waals surface area contributed by atoms with Crippen LogP contribution >= 0.6 is 0 Å². The number of carboxylic acids is 1. The zero-order valence-corrected chi connectivity index (χ0v) is 32.4. The molecule has 3 fully saturated rings. The lowest BCUT2D eigenvalue weighted by Gasteiger charge is -2.43. The molecule has 3 aliphatic carbocycles. The van der Waals surface area contributed by atoms with Crippen LogP contribution in [-0.2, 0) is 50.1 Å². The van der Waals surface area contributed by atoms with E-state index < -0.39 is 46.9 Å². The molecule has 10 nitrogen and oxygen atoms in total. The molecule has 0 bridgehead atoms. The van der Waals surface area contributed by atoms with Gasteiger partial charge in [-0.3, -0.25) is 0 Å². The van der Waals surface area contributed by atoms with Crippen LogP contribution in [0.2, 0.25) is 0 Å². The van der Waals surface area contributed by atoms with Gasteiger partial charge in [-0.25, -0.2) is 14.4 Å². The van der Waals surface area contributed by atoms with Crippen molar-refractivity contribution in [3.63, 3.8) is 0 Å². The van der Waals surface area contributed by atoms with Gasteiger partial charge >= 0.3 is 17.9 Å². The molecule has 0 aromatic heterocycles. The number of aliphatic hydroxyl groups is 2. The maximum atomic E-state index is 12.5. The molecule has 2 saturated heterocycles. The topological polar surface area (TPSA) is 149 Å². The summed E-state index contributed by atoms with van der Waals surface area (Å²) < 4.78 is 22.3. The molecule has 0 spiro atoms. The van der Waals surface area contributed by atoms with Crippen molar-refractivity contribution in [2.24, 2.45) is 0 Å². The van der Waals surface area contributed by atoms with E-state index in [1.807, 2.05) is 66.7 Å². The number of rotatable bonds is 7. The van der Waals surface area contributed by atoms with Crippen LogP contribution in [0.5, 0.6) is 0 Å². The summed E-state index contributed by atoms with van der Waals surface area (Å²) in [4.78, 5) is 36.4. The van der Waals surface area contributed by atoms with Crippen LogP contribution in [0.1, 0.15) is 114 Å². The minimum Gasteiger partial charge on any atom is -0.479 e. The number of carbonyl (C=O) groups is 3. The number of benzene rings is 3. The summed E-state index contributed by atoms with van der Waals surface area (Å²) in [5.74, 6) is -1.95. The van der Waals surface area contributed by atoms with Crippen LogP contribution in [0.25, 0.3) is 0 Å². The van der Waals surface area contributed by atoms with Gasteiger partial charge in [0.15, 0.2) is 0 Å². The molecular weight excluding hydrogens is 712 g/mol. The van der Waals surface area contributed by atoms with Gasteiger partial charge in [0, 0.05) is 0 Å². The predicted octanol–water partition coefficient (Wildman–Crippen LogP) is 8.26. The molecule has 3 N–H and O–H groups in total. The maximum absolute atomic E-state index is 12.5. The first-order valence-electron chi connectivity index (χ1n) is 20.0. The van der Waals surface area contributed by atoms with Gasteiger partial charge in [0.2, 0.25) is 29.4 Å². The van der Waals surface area contributed by atoms with Gasteiger partial charge in [0.25, 0.3) is 0 Å². The summed E-state index contributed by atoms with van der Waals surface area (Å²) in [7, 11) is 0. The molecule has 0 amide bonds. The molecule has 5 atom stereocenters. The Labute approximate surface area is 329 Å². The smallest absolute Gasteiger partial charge is 0.349 e. The Bertz CT molecular complexity index is 1870. The number of carbonyl (C=O) groups excluding carboxylic acids is 2. The molecule has 8 rings (SSSR count). The minimum absolute atomic E-state index is 0.278. The number of carboxylic acid groups (broad SMARTS) is 1. The lowest BCUT2D eigenvalue weighted by Crippen LogP contribution is -2.56. The molecule has 1 saturated carbocycles. The molecular formula is C46H54O10. The fourth-order valence-corrected chi connectivity index (χ4v) is 8.73. The van der Waals surface area contributed by atoms with Crippen LogP contribution in [0.4, 0.5) is 0 Å². The molecule has 3 aromatic carbocycles. The van der Waals surface area contributed by atoms with Crippen LogP contribution in [0.3, 0.4) is 0 Å². The van der Waals surface area contributed by atoms with E-state index in [9.17, 15) is 29.7 Å². The maximum Gasteiger partial charge on any atom is 0.349 e. The summed E-state index contributed by atoms with van der Waals surface area (Å²) in [5.41, 5.74) is -1.79. The first-order chi connectivity index (χ1) is 27.0. The fraction of sp³-hybridized carbons (Fsp3) is 0.457. The predicted molar refractivity (Wildman–Crippen MR) is 209 cm³/mol. The Morgan fingerprint density at radius 1 is 0.661 bits per heavy atom. The number of aliphatic carboxylic acids is 1. The van der Waals surface area contributed by atoms with E-state index in [0.717, 1.165) is 68.9 Å². The summed E-state index contributed by atoms with van der Waals surface area (Å²) in [6.45, 7) is 3.46. The van der Waals surface area contributed by atoms with Crippen molar-refractivity contribution >= 4 is 17.9 Å². The molecule has 2 aliphatic heterocycles. The van der Waals surface area contributed by atoms with Crippen molar-refractivity contribution in [2.45, 2.75) is 132 Å². The summed E-state index contributed by atoms with van der Waals surface area (Å²) in [6.07, 6.45) is 14.6. The van der Waals surface area contributed by atoms with Crippen molar-refractivity contribution in [1.82, 2.24) is 0 Å². The molecule has 298 valence electrons. The Morgan fingerprint density at radius 2 is 1.20 bits per heavy atom.